The number of sulfone groups is 1. The quantitative estimate of drug-likeness (QED) is 0.121. The molecule has 0 fully saturated rings. The number of ether oxygens (including phenoxy) is 1. The molecular formula is C17H15F17O4S. The summed E-state index contributed by atoms with van der Waals surface area (Å²) in [7, 11) is -7.35. The van der Waals surface area contributed by atoms with E-state index in [1.54, 1.807) is 0 Å². The zero-order valence-corrected chi connectivity index (χ0v) is 19.5. The summed E-state index contributed by atoms with van der Waals surface area (Å²) in [6.07, 6.45) is -11.1. The third kappa shape index (κ3) is 5.75. The summed E-state index contributed by atoms with van der Waals surface area (Å²) in [5.41, 5.74) is 0. The zero-order valence-electron chi connectivity index (χ0n) is 18.7. The van der Waals surface area contributed by atoms with Crippen molar-refractivity contribution in [1.29, 1.82) is 0 Å². The van der Waals surface area contributed by atoms with Crippen LogP contribution < -0.4 is 0 Å². The molecule has 0 spiro atoms. The van der Waals surface area contributed by atoms with Crippen LogP contribution in [-0.4, -0.2) is 73.2 Å². The van der Waals surface area contributed by atoms with E-state index < -0.39 is 81.1 Å². The van der Waals surface area contributed by atoms with Crippen LogP contribution in [-0.2, 0) is 19.4 Å². The van der Waals surface area contributed by atoms with Crippen molar-refractivity contribution in [3.05, 3.63) is 12.7 Å². The van der Waals surface area contributed by atoms with Crippen molar-refractivity contribution < 1.29 is 92.6 Å². The SMILES string of the molecule is C=CC(=O)OC(CCCC)CS(=O)(=O)C(F)(F)C(F)(F)C(F)(F)C(F)(F)C(F)(F)C(F)(F)C(F)(F)C(F)(F)F. The summed E-state index contributed by atoms with van der Waals surface area (Å²) in [4.78, 5) is 11.2. The number of alkyl halides is 17. The molecule has 0 aromatic rings. The Morgan fingerprint density at radius 3 is 1.41 bits per heavy atom. The molecule has 0 radical (unpaired) electrons. The fourth-order valence-corrected chi connectivity index (χ4v) is 3.97. The van der Waals surface area contributed by atoms with Crippen LogP contribution >= 0.6 is 0 Å². The number of carbonyl (C=O) groups excluding carboxylic acids is 1. The molecular weight excluding hydrogens is 623 g/mol. The van der Waals surface area contributed by atoms with Gasteiger partial charge in [-0.2, -0.15) is 74.6 Å². The molecule has 0 aromatic carbocycles. The van der Waals surface area contributed by atoms with Crippen LogP contribution in [0.15, 0.2) is 12.7 Å². The van der Waals surface area contributed by atoms with Crippen molar-refractivity contribution in [3.8, 4) is 0 Å². The number of carbonyl (C=O) groups is 1. The molecule has 0 rings (SSSR count). The maximum atomic E-state index is 14.1. The van der Waals surface area contributed by atoms with Crippen molar-refractivity contribution in [1.82, 2.24) is 0 Å². The van der Waals surface area contributed by atoms with Gasteiger partial charge in [0.1, 0.15) is 6.10 Å². The maximum Gasteiger partial charge on any atom is 0.460 e. The standard InChI is InChI=1S/C17H15F17O4S/c1-3-5-6-8(38-9(35)4-2)7-39(36,37)17(33,34)15(28,29)13(24,25)11(20,21)10(18,19)12(22,23)14(26,27)16(30,31)32/h4,8H,2-3,5-7H2,1H3. The van der Waals surface area contributed by atoms with Gasteiger partial charge in [-0.1, -0.05) is 26.3 Å². The molecule has 0 N–H and O–H groups in total. The van der Waals surface area contributed by atoms with E-state index in [0.717, 1.165) is 0 Å². The van der Waals surface area contributed by atoms with Crippen LogP contribution in [0.5, 0.6) is 0 Å². The first-order valence-electron chi connectivity index (χ1n) is 9.65. The number of hydrogen-bond donors (Lipinski definition) is 0. The Kier molecular flexibility index (Phi) is 10.2. The number of halogens is 17. The van der Waals surface area contributed by atoms with Gasteiger partial charge in [0.05, 0.1) is 5.75 Å². The second kappa shape index (κ2) is 10.7. The Morgan fingerprint density at radius 2 is 1.08 bits per heavy atom. The van der Waals surface area contributed by atoms with E-state index in [9.17, 15) is 87.8 Å². The highest BCUT2D eigenvalue weighted by atomic mass is 32.2. The van der Waals surface area contributed by atoms with E-state index in [0.29, 0.717) is 0 Å². The third-order valence-corrected chi connectivity index (χ3v) is 6.67. The summed E-state index contributed by atoms with van der Waals surface area (Å²) in [5.74, 6) is -56.2. The molecule has 22 heteroatoms. The van der Waals surface area contributed by atoms with Crippen molar-refractivity contribution in [2.24, 2.45) is 0 Å². The van der Waals surface area contributed by atoms with Gasteiger partial charge in [-0.05, 0) is 6.42 Å². The normalized spacial score (nSPS) is 16.2. The topological polar surface area (TPSA) is 60.4 Å². The minimum absolute atomic E-state index is 0.0465. The van der Waals surface area contributed by atoms with Crippen molar-refractivity contribution >= 4 is 15.8 Å². The largest absolute Gasteiger partial charge is 0.460 e. The van der Waals surface area contributed by atoms with E-state index in [1.807, 2.05) is 0 Å². The van der Waals surface area contributed by atoms with Crippen molar-refractivity contribution in [3.63, 3.8) is 0 Å². The van der Waals surface area contributed by atoms with Gasteiger partial charge in [-0.15, -0.1) is 0 Å². The average molecular weight is 638 g/mol. The van der Waals surface area contributed by atoms with Gasteiger partial charge in [0.2, 0.25) is 9.84 Å². The number of esters is 1. The second-order valence-corrected chi connectivity index (χ2v) is 9.72. The maximum absolute atomic E-state index is 14.1. The van der Waals surface area contributed by atoms with Crippen molar-refractivity contribution in [2.75, 3.05) is 5.75 Å². The molecule has 0 saturated heterocycles. The van der Waals surface area contributed by atoms with E-state index in [1.165, 1.54) is 6.92 Å². The monoisotopic (exact) mass is 638 g/mol. The molecule has 0 heterocycles. The lowest BCUT2D eigenvalue weighted by molar-refractivity contribution is -0.458. The zero-order chi connectivity index (χ0) is 31.9. The Balaban J connectivity index is 6.85. The molecule has 0 saturated carbocycles. The summed E-state index contributed by atoms with van der Waals surface area (Å²) in [6.45, 7) is 4.12. The highest BCUT2D eigenvalue weighted by molar-refractivity contribution is 7.92. The highest BCUT2D eigenvalue weighted by Crippen LogP contribution is 2.64. The summed E-state index contributed by atoms with van der Waals surface area (Å²) in [6, 6.07) is 0. The minimum atomic E-state index is -8.91. The Morgan fingerprint density at radius 1 is 0.718 bits per heavy atom. The van der Waals surface area contributed by atoms with Gasteiger partial charge in [0.25, 0.3) is 0 Å². The summed E-state index contributed by atoms with van der Waals surface area (Å²) in [5, 5.41) is -7.64. The van der Waals surface area contributed by atoms with Crippen LogP contribution in [0.4, 0.5) is 74.6 Å². The van der Waals surface area contributed by atoms with Crippen LogP contribution in [0, 0.1) is 0 Å². The predicted octanol–water partition coefficient (Wildman–Crippen LogP) is 6.66. The van der Waals surface area contributed by atoms with Gasteiger partial charge < -0.3 is 4.74 Å². The molecule has 4 nitrogen and oxygen atoms in total. The van der Waals surface area contributed by atoms with Gasteiger partial charge in [0, 0.05) is 6.08 Å². The first-order valence-corrected chi connectivity index (χ1v) is 11.3. The van der Waals surface area contributed by atoms with Crippen molar-refractivity contribution in [2.45, 2.75) is 79.3 Å². The molecule has 232 valence electrons. The van der Waals surface area contributed by atoms with Crippen LogP contribution in [0.25, 0.3) is 0 Å². The predicted molar refractivity (Wildman–Crippen MR) is 94.1 cm³/mol. The molecule has 1 atom stereocenters. The lowest BCUT2D eigenvalue weighted by atomic mass is 9.91. The Bertz CT molecular complexity index is 1000. The second-order valence-electron chi connectivity index (χ2n) is 7.65. The minimum Gasteiger partial charge on any atom is -0.458 e. The summed E-state index contributed by atoms with van der Waals surface area (Å²) >= 11 is 0. The Labute approximate surface area is 207 Å². The fourth-order valence-electron chi connectivity index (χ4n) is 2.51. The molecule has 0 aromatic heterocycles. The molecule has 0 aliphatic rings. The molecule has 39 heavy (non-hydrogen) atoms. The third-order valence-electron chi connectivity index (χ3n) is 4.82. The van der Waals surface area contributed by atoms with Crippen LogP contribution in [0.2, 0.25) is 0 Å². The highest BCUT2D eigenvalue weighted by Gasteiger charge is 2.96. The molecule has 0 aliphatic heterocycles. The molecule has 1 unspecified atom stereocenters. The van der Waals surface area contributed by atoms with Gasteiger partial charge >= 0.3 is 52.9 Å². The van der Waals surface area contributed by atoms with Gasteiger partial charge in [-0.3, -0.25) is 0 Å². The average Bonchev–Trinajstić information content (AvgIpc) is 2.75. The molecule has 0 bridgehead atoms. The lowest BCUT2D eigenvalue weighted by Crippen LogP contribution is -2.75. The fraction of sp³-hybridized carbons (Fsp3) is 0.824. The molecule has 0 aliphatic carbocycles. The smallest absolute Gasteiger partial charge is 0.458 e. The lowest BCUT2D eigenvalue weighted by Gasteiger charge is -2.42. The van der Waals surface area contributed by atoms with E-state index in [2.05, 4.69) is 11.3 Å². The van der Waals surface area contributed by atoms with E-state index in [-0.39, 0.29) is 18.9 Å². The van der Waals surface area contributed by atoms with Gasteiger partial charge in [-0.25, -0.2) is 13.2 Å². The first kappa shape index (κ1) is 37.0. The number of hydrogen-bond acceptors (Lipinski definition) is 4. The number of unbranched alkanes of at least 4 members (excludes halogenated alkanes) is 1. The Hall–Kier alpha value is -2.03. The first-order chi connectivity index (χ1) is 16.9. The summed E-state index contributed by atoms with van der Waals surface area (Å²) < 4.78 is 254. The van der Waals surface area contributed by atoms with E-state index in [4.69, 9.17) is 0 Å². The van der Waals surface area contributed by atoms with Crippen LogP contribution in [0.3, 0.4) is 0 Å². The van der Waals surface area contributed by atoms with Crippen LogP contribution in [0.1, 0.15) is 26.2 Å². The molecule has 0 amide bonds. The number of rotatable bonds is 14. The van der Waals surface area contributed by atoms with Gasteiger partial charge in [0.15, 0.2) is 0 Å². The van der Waals surface area contributed by atoms with E-state index >= 15 is 0 Å².